The van der Waals surface area contributed by atoms with E-state index >= 15 is 0 Å². The molecule has 4 aromatic carbocycles. The van der Waals surface area contributed by atoms with E-state index in [-0.39, 0.29) is 35.5 Å². The van der Waals surface area contributed by atoms with E-state index in [0.29, 0.717) is 22.8 Å². The number of carbonyl (C=O) groups is 2. The Morgan fingerprint density at radius 2 is 1.47 bits per heavy atom. The van der Waals surface area contributed by atoms with Gasteiger partial charge in [0.15, 0.2) is 0 Å². The van der Waals surface area contributed by atoms with Gasteiger partial charge in [-0.2, -0.15) is 0 Å². The van der Waals surface area contributed by atoms with E-state index in [2.05, 4.69) is 5.32 Å². The lowest BCUT2D eigenvalue weighted by molar-refractivity contribution is -0.140. The van der Waals surface area contributed by atoms with E-state index in [1.807, 2.05) is 44.2 Å². The molecule has 0 unspecified atom stereocenters. The van der Waals surface area contributed by atoms with Gasteiger partial charge in [0.1, 0.15) is 18.3 Å². The summed E-state index contributed by atoms with van der Waals surface area (Å²) in [6, 6.07) is 29.8. The third-order valence-electron chi connectivity index (χ3n) is 7.54. The van der Waals surface area contributed by atoms with Crippen molar-refractivity contribution in [1.82, 2.24) is 10.2 Å². The topological polar surface area (TPSA) is 96.0 Å². The Labute approximate surface area is 270 Å². The highest BCUT2D eigenvalue weighted by molar-refractivity contribution is 7.92. The fraction of sp³-hybridized carbons (Fsp3) is 0.257. The smallest absolute Gasteiger partial charge is 0.264 e. The number of sulfonamides is 1. The number of hydrogen-bond donors (Lipinski definition) is 1. The van der Waals surface area contributed by atoms with E-state index in [1.54, 1.807) is 66.7 Å². The second-order valence-corrected chi connectivity index (χ2v) is 12.9. The minimum absolute atomic E-state index is 0.00816. The van der Waals surface area contributed by atoms with Crippen molar-refractivity contribution in [2.75, 3.05) is 18.0 Å². The van der Waals surface area contributed by atoms with Gasteiger partial charge in [-0.3, -0.25) is 13.9 Å². The van der Waals surface area contributed by atoms with E-state index in [0.717, 1.165) is 9.87 Å². The number of benzene rings is 4. The van der Waals surface area contributed by atoms with Gasteiger partial charge in [-0.1, -0.05) is 85.3 Å². The quantitative estimate of drug-likeness (QED) is 0.179. The van der Waals surface area contributed by atoms with Crippen LogP contribution in [0.15, 0.2) is 114 Å². The first-order valence-electron chi connectivity index (χ1n) is 14.7. The molecule has 0 fully saturated rings. The van der Waals surface area contributed by atoms with Crippen molar-refractivity contribution in [2.45, 2.75) is 50.2 Å². The minimum atomic E-state index is -4.19. The molecule has 4 aromatic rings. The number of anilines is 1. The first kappa shape index (κ1) is 33.6. The lowest BCUT2D eigenvalue weighted by atomic mass is 10.0. The van der Waals surface area contributed by atoms with Crippen LogP contribution in [0.4, 0.5) is 5.69 Å². The average molecular weight is 648 g/mol. The maximum Gasteiger partial charge on any atom is 0.264 e. The third kappa shape index (κ3) is 8.65. The van der Waals surface area contributed by atoms with Gasteiger partial charge < -0.3 is 15.0 Å². The molecule has 0 aliphatic rings. The van der Waals surface area contributed by atoms with Gasteiger partial charge in [0.25, 0.3) is 10.0 Å². The highest BCUT2D eigenvalue weighted by Gasteiger charge is 2.35. The fourth-order valence-corrected chi connectivity index (χ4v) is 6.43. The lowest BCUT2D eigenvalue weighted by Gasteiger charge is -2.34. The molecule has 0 saturated heterocycles. The SMILES string of the molecule is CC[C@H](C)NC(=O)[C@@H](Cc1ccccc1)N(Cc1ccccc1Cl)C(=O)CN(c1ccc(OC)cc1)S(=O)(=O)c1ccccc1. The van der Waals surface area contributed by atoms with Crippen molar-refractivity contribution < 1.29 is 22.7 Å². The number of halogens is 1. The van der Waals surface area contributed by atoms with Crippen LogP contribution in [0.5, 0.6) is 5.75 Å². The van der Waals surface area contributed by atoms with Crippen LogP contribution in [0.25, 0.3) is 0 Å². The molecule has 236 valence electrons. The fourth-order valence-electron chi connectivity index (χ4n) is 4.80. The molecule has 4 rings (SSSR count). The first-order chi connectivity index (χ1) is 21.6. The van der Waals surface area contributed by atoms with Gasteiger partial charge in [-0.15, -0.1) is 0 Å². The molecular weight excluding hydrogens is 610 g/mol. The van der Waals surface area contributed by atoms with Gasteiger partial charge >= 0.3 is 0 Å². The molecule has 2 amide bonds. The second kappa shape index (κ2) is 15.6. The lowest BCUT2D eigenvalue weighted by Crippen LogP contribution is -2.54. The van der Waals surface area contributed by atoms with Gasteiger partial charge in [0.05, 0.1) is 17.7 Å². The summed E-state index contributed by atoms with van der Waals surface area (Å²) in [5, 5.41) is 3.46. The Balaban J connectivity index is 1.81. The van der Waals surface area contributed by atoms with E-state index in [1.165, 1.54) is 24.1 Å². The van der Waals surface area contributed by atoms with Crippen LogP contribution in [0.3, 0.4) is 0 Å². The summed E-state index contributed by atoms with van der Waals surface area (Å²) in [4.78, 5) is 29.9. The van der Waals surface area contributed by atoms with Crippen molar-refractivity contribution >= 4 is 39.1 Å². The highest BCUT2D eigenvalue weighted by Crippen LogP contribution is 2.27. The Morgan fingerprint density at radius 3 is 2.07 bits per heavy atom. The molecule has 0 bridgehead atoms. The second-order valence-electron chi connectivity index (χ2n) is 10.7. The van der Waals surface area contributed by atoms with Crippen molar-refractivity contribution in [3.8, 4) is 5.75 Å². The molecule has 0 aliphatic carbocycles. The molecule has 0 saturated carbocycles. The first-order valence-corrected chi connectivity index (χ1v) is 16.5. The normalized spacial score (nSPS) is 12.5. The van der Waals surface area contributed by atoms with E-state index in [4.69, 9.17) is 16.3 Å². The zero-order valence-corrected chi connectivity index (χ0v) is 27.2. The van der Waals surface area contributed by atoms with Crippen LogP contribution in [0, 0.1) is 0 Å². The molecule has 10 heteroatoms. The maximum atomic E-state index is 14.5. The predicted octanol–water partition coefficient (Wildman–Crippen LogP) is 6.10. The largest absolute Gasteiger partial charge is 0.497 e. The molecule has 45 heavy (non-hydrogen) atoms. The van der Waals surface area contributed by atoms with Crippen LogP contribution < -0.4 is 14.4 Å². The molecule has 0 radical (unpaired) electrons. The third-order valence-corrected chi connectivity index (χ3v) is 9.70. The van der Waals surface area contributed by atoms with Crippen LogP contribution >= 0.6 is 11.6 Å². The van der Waals surface area contributed by atoms with Crippen LogP contribution in [0.2, 0.25) is 5.02 Å². The van der Waals surface area contributed by atoms with Crippen molar-refractivity contribution in [3.05, 3.63) is 125 Å². The molecule has 1 N–H and O–H groups in total. The predicted molar refractivity (Wildman–Crippen MR) is 178 cm³/mol. The molecule has 2 atom stereocenters. The van der Waals surface area contributed by atoms with Gasteiger partial charge in [-0.05, 0) is 66.9 Å². The number of methoxy groups -OCH3 is 1. The van der Waals surface area contributed by atoms with Crippen molar-refractivity contribution in [2.24, 2.45) is 0 Å². The standard InChI is InChI=1S/C35H38ClN3O5S/c1-4-26(2)37-35(41)33(23-27-13-7-5-8-14-27)38(24-28-15-11-12-18-32(28)36)34(40)25-39(29-19-21-30(44-3)22-20-29)45(42,43)31-16-9-6-10-17-31/h5-22,26,33H,4,23-25H2,1-3H3,(H,37,41)/t26-,33+/m0/s1. The highest BCUT2D eigenvalue weighted by atomic mass is 35.5. The molecule has 0 aliphatic heterocycles. The molecular formula is C35H38ClN3O5S. The van der Waals surface area contributed by atoms with Crippen LogP contribution in [0.1, 0.15) is 31.4 Å². The summed E-state index contributed by atoms with van der Waals surface area (Å²) in [6.07, 6.45) is 0.913. The minimum Gasteiger partial charge on any atom is -0.497 e. The number of rotatable bonds is 14. The molecule has 0 spiro atoms. The summed E-state index contributed by atoms with van der Waals surface area (Å²) < 4.78 is 34.5. The molecule has 8 nitrogen and oxygen atoms in total. The molecule has 0 heterocycles. The number of hydrogen-bond acceptors (Lipinski definition) is 5. The number of amides is 2. The number of carbonyl (C=O) groups excluding carboxylic acids is 2. The van der Waals surface area contributed by atoms with Gasteiger partial charge in [0, 0.05) is 24.0 Å². The summed E-state index contributed by atoms with van der Waals surface area (Å²) >= 11 is 6.55. The maximum absolute atomic E-state index is 14.5. The van der Waals surface area contributed by atoms with Crippen molar-refractivity contribution in [1.29, 1.82) is 0 Å². The monoisotopic (exact) mass is 647 g/mol. The number of ether oxygens (including phenoxy) is 1. The van der Waals surface area contributed by atoms with E-state index in [9.17, 15) is 18.0 Å². The summed E-state index contributed by atoms with van der Waals surface area (Å²) in [6.45, 7) is 3.29. The zero-order chi connectivity index (χ0) is 32.4. The van der Waals surface area contributed by atoms with Gasteiger partial charge in [0.2, 0.25) is 11.8 Å². The zero-order valence-electron chi connectivity index (χ0n) is 25.6. The number of nitrogens with one attached hydrogen (secondary N) is 1. The Morgan fingerprint density at radius 1 is 0.867 bits per heavy atom. The molecule has 0 aromatic heterocycles. The number of nitrogens with zero attached hydrogens (tertiary/aromatic N) is 2. The Hall–Kier alpha value is -4.34. The van der Waals surface area contributed by atoms with Gasteiger partial charge in [-0.25, -0.2) is 8.42 Å². The van der Waals surface area contributed by atoms with Crippen LogP contribution in [-0.2, 0) is 32.6 Å². The summed E-state index contributed by atoms with van der Waals surface area (Å²) in [5.41, 5.74) is 1.75. The average Bonchev–Trinajstić information content (AvgIpc) is 3.06. The van der Waals surface area contributed by atoms with E-state index < -0.39 is 28.5 Å². The van der Waals surface area contributed by atoms with Crippen molar-refractivity contribution in [3.63, 3.8) is 0 Å². The van der Waals surface area contributed by atoms with Crippen LogP contribution in [-0.4, -0.2) is 50.9 Å². The summed E-state index contributed by atoms with van der Waals surface area (Å²) in [5.74, 6) is -0.367. The Kier molecular flexibility index (Phi) is 11.6. The Bertz CT molecular complexity index is 1670. The summed E-state index contributed by atoms with van der Waals surface area (Å²) in [7, 11) is -2.68.